The van der Waals surface area contributed by atoms with E-state index >= 15 is 0 Å². The van der Waals surface area contributed by atoms with Crippen molar-refractivity contribution in [3.8, 4) is 11.5 Å². The molecule has 3 heteroatoms. The van der Waals surface area contributed by atoms with Crippen molar-refractivity contribution in [1.29, 1.82) is 0 Å². The average molecular weight is 262 g/mol. The van der Waals surface area contributed by atoms with Crippen molar-refractivity contribution in [3.05, 3.63) is 23.8 Å². The Morgan fingerprint density at radius 1 is 1.16 bits per heavy atom. The van der Waals surface area contributed by atoms with Gasteiger partial charge in [0.15, 0.2) is 11.5 Å². The maximum Gasteiger partial charge on any atom is 0.161 e. The molecule has 0 amide bonds. The number of ether oxygens (including phenoxy) is 2. The van der Waals surface area contributed by atoms with Gasteiger partial charge in [-0.25, -0.2) is 0 Å². The van der Waals surface area contributed by atoms with Crippen LogP contribution in [0.1, 0.15) is 44.3 Å². The molecule has 1 heterocycles. The fourth-order valence-electron chi connectivity index (χ4n) is 3.17. The van der Waals surface area contributed by atoms with E-state index in [1.165, 1.54) is 6.42 Å². The first-order valence-corrected chi connectivity index (χ1v) is 7.31. The van der Waals surface area contributed by atoms with Crippen LogP contribution in [-0.4, -0.2) is 18.3 Å². The third kappa shape index (κ3) is 2.71. The fourth-order valence-corrected chi connectivity index (χ4v) is 3.17. The van der Waals surface area contributed by atoms with Crippen LogP contribution in [0.15, 0.2) is 18.2 Å². The molecule has 104 valence electrons. The Morgan fingerprint density at radius 2 is 1.95 bits per heavy atom. The zero-order chi connectivity index (χ0) is 13.2. The van der Waals surface area contributed by atoms with E-state index in [9.17, 15) is 5.11 Å². The molecule has 2 aliphatic rings. The summed E-state index contributed by atoms with van der Waals surface area (Å²) in [4.78, 5) is 0. The van der Waals surface area contributed by atoms with Crippen molar-refractivity contribution in [1.82, 2.24) is 0 Å². The van der Waals surface area contributed by atoms with Gasteiger partial charge in [-0.1, -0.05) is 19.4 Å². The summed E-state index contributed by atoms with van der Waals surface area (Å²) in [5, 5.41) is 10.5. The summed E-state index contributed by atoms with van der Waals surface area (Å²) in [5.41, 5.74) is 0.961. The number of hydrogen-bond acceptors (Lipinski definition) is 3. The molecule has 3 rings (SSSR count). The van der Waals surface area contributed by atoms with Crippen LogP contribution in [0.5, 0.6) is 11.5 Å². The van der Waals surface area contributed by atoms with Crippen molar-refractivity contribution >= 4 is 0 Å². The molecule has 19 heavy (non-hydrogen) atoms. The van der Waals surface area contributed by atoms with Crippen LogP contribution in [0.4, 0.5) is 0 Å². The molecular weight excluding hydrogens is 240 g/mol. The summed E-state index contributed by atoms with van der Waals surface area (Å²) in [6.45, 7) is 3.66. The van der Waals surface area contributed by atoms with E-state index in [0.717, 1.165) is 42.2 Å². The molecule has 0 aromatic heterocycles. The van der Waals surface area contributed by atoms with Crippen molar-refractivity contribution < 1.29 is 14.6 Å². The number of aliphatic hydroxyl groups is 1. The maximum atomic E-state index is 10.5. The molecule has 3 nitrogen and oxygen atoms in total. The third-order valence-corrected chi connectivity index (χ3v) is 4.29. The van der Waals surface area contributed by atoms with Gasteiger partial charge in [0.2, 0.25) is 0 Å². The van der Waals surface area contributed by atoms with Crippen molar-refractivity contribution in [2.75, 3.05) is 13.2 Å². The van der Waals surface area contributed by atoms with Crippen LogP contribution in [0.3, 0.4) is 0 Å². The molecule has 3 unspecified atom stereocenters. The van der Waals surface area contributed by atoms with Crippen LogP contribution in [0.25, 0.3) is 0 Å². The summed E-state index contributed by atoms with van der Waals surface area (Å²) in [5.74, 6) is 2.70. The second kappa shape index (κ2) is 5.41. The van der Waals surface area contributed by atoms with Gasteiger partial charge in [-0.05, 0) is 42.4 Å². The molecule has 0 spiro atoms. The molecule has 3 atom stereocenters. The lowest BCUT2D eigenvalue weighted by Gasteiger charge is -2.19. The van der Waals surface area contributed by atoms with Gasteiger partial charge < -0.3 is 14.6 Å². The first-order valence-electron chi connectivity index (χ1n) is 7.31. The molecule has 1 saturated carbocycles. The van der Waals surface area contributed by atoms with Crippen molar-refractivity contribution in [2.24, 2.45) is 11.8 Å². The predicted octanol–water partition coefficient (Wildman–Crippen LogP) is 3.32. The van der Waals surface area contributed by atoms with E-state index in [4.69, 9.17) is 9.47 Å². The summed E-state index contributed by atoms with van der Waals surface area (Å²) in [6, 6.07) is 5.85. The lowest BCUT2D eigenvalue weighted by Crippen LogP contribution is -2.09. The Kier molecular flexibility index (Phi) is 3.65. The minimum absolute atomic E-state index is 0.373. The Balaban J connectivity index is 1.79. The molecule has 1 fully saturated rings. The van der Waals surface area contributed by atoms with Gasteiger partial charge in [0.05, 0.1) is 19.3 Å². The number of fused-ring (bicyclic) bond motifs is 1. The van der Waals surface area contributed by atoms with Crippen LogP contribution >= 0.6 is 0 Å². The minimum Gasteiger partial charge on any atom is -0.490 e. The molecule has 1 aliphatic heterocycles. The van der Waals surface area contributed by atoms with Gasteiger partial charge in [-0.2, -0.15) is 0 Å². The Morgan fingerprint density at radius 3 is 2.68 bits per heavy atom. The summed E-state index contributed by atoms with van der Waals surface area (Å²) in [7, 11) is 0. The molecule has 1 N–H and O–H groups in total. The second-order valence-corrected chi connectivity index (χ2v) is 5.88. The number of rotatable bonds is 2. The number of hydrogen-bond donors (Lipinski definition) is 1. The lowest BCUT2D eigenvalue weighted by molar-refractivity contribution is 0.109. The normalized spacial score (nSPS) is 27.9. The number of aliphatic hydroxyl groups excluding tert-OH is 1. The van der Waals surface area contributed by atoms with Gasteiger partial charge in [0.25, 0.3) is 0 Å². The fraction of sp³-hybridized carbons (Fsp3) is 0.625. The topological polar surface area (TPSA) is 38.7 Å². The van der Waals surface area contributed by atoms with E-state index in [1.807, 2.05) is 18.2 Å². The SMILES string of the molecule is CC1CCC(C(O)c2ccc3c(c2)OCCCO3)C1. The van der Waals surface area contributed by atoms with Gasteiger partial charge >= 0.3 is 0 Å². The van der Waals surface area contributed by atoms with Gasteiger partial charge in [-0.15, -0.1) is 0 Å². The minimum atomic E-state index is -0.373. The standard InChI is InChI=1S/C16H22O3/c1-11-3-4-12(9-11)16(17)13-5-6-14-15(10-13)19-8-2-7-18-14/h5-6,10-12,16-17H,2-4,7-9H2,1H3. The number of benzene rings is 1. The molecule has 0 saturated heterocycles. The van der Waals surface area contributed by atoms with E-state index < -0.39 is 0 Å². The molecule has 1 aliphatic carbocycles. The van der Waals surface area contributed by atoms with Gasteiger partial charge in [-0.3, -0.25) is 0 Å². The van der Waals surface area contributed by atoms with Crippen molar-refractivity contribution in [2.45, 2.75) is 38.7 Å². The van der Waals surface area contributed by atoms with E-state index in [-0.39, 0.29) is 6.10 Å². The average Bonchev–Trinajstić information content (AvgIpc) is 2.72. The highest BCUT2D eigenvalue weighted by atomic mass is 16.5. The zero-order valence-corrected chi connectivity index (χ0v) is 11.5. The van der Waals surface area contributed by atoms with Crippen LogP contribution < -0.4 is 9.47 Å². The highest BCUT2D eigenvalue weighted by Gasteiger charge is 2.29. The lowest BCUT2D eigenvalue weighted by atomic mass is 9.93. The molecule has 0 radical (unpaired) electrons. The first-order chi connectivity index (χ1) is 9.24. The highest BCUT2D eigenvalue weighted by molar-refractivity contribution is 5.44. The Hall–Kier alpha value is -1.22. The van der Waals surface area contributed by atoms with Crippen molar-refractivity contribution in [3.63, 3.8) is 0 Å². The highest BCUT2D eigenvalue weighted by Crippen LogP contribution is 2.41. The zero-order valence-electron chi connectivity index (χ0n) is 11.5. The van der Waals surface area contributed by atoms with Gasteiger partial charge in [0.1, 0.15) is 0 Å². The van der Waals surface area contributed by atoms with Crippen LogP contribution in [-0.2, 0) is 0 Å². The van der Waals surface area contributed by atoms with Gasteiger partial charge in [0, 0.05) is 6.42 Å². The largest absolute Gasteiger partial charge is 0.490 e. The predicted molar refractivity (Wildman–Crippen MR) is 73.5 cm³/mol. The monoisotopic (exact) mass is 262 g/mol. The smallest absolute Gasteiger partial charge is 0.161 e. The Bertz CT molecular complexity index is 444. The van der Waals surface area contributed by atoms with Crippen LogP contribution in [0.2, 0.25) is 0 Å². The summed E-state index contributed by atoms with van der Waals surface area (Å²) < 4.78 is 11.3. The molecular formula is C16H22O3. The third-order valence-electron chi connectivity index (χ3n) is 4.29. The molecule has 1 aromatic carbocycles. The quantitative estimate of drug-likeness (QED) is 0.888. The van der Waals surface area contributed by atoms with E-state index in [2.05, 4.69) is 6.92 Å². The summed E-state index contributed by atoms with van der Waals surface area (Å²) in [6.07, 6.45) is 4.01. The van der Waals surface area contributed by atoms with E-state index in [0.29, 0.717) is 19.1 Å². The summed E-state index contributed by atoms with van der Waals surface area (Å²) >= 11 is 0. The molecule has 1 aromatic rings. The second-order valence-electron chi connectivity index (χ2n) is 5.88. The Labute approximate surface area is 114 Å². The van der Waals surface area contributed by atoms with Crippen LogP contribution in [0, 0.1) is 11.8 Å². The van der Waals surface area contributed by atoms with E-state index in [1.54, 1.807) is 0 Å². The molecule has 0 bridgehead atoms. The first kappa shape index (κ1) is 12.8. The maximum absolute atomic E-state index is 10.5.